The van der Waals surface area contributed by atoms with Gasteiger partial charge in [-0.1, -0.05) is 12.1 Å². The maximum atomic E-state index is 10.9. The van der Waals surface area contributed by atoms with Gasteiger partial charge in [-0.25, -0.2) is 0 Å². The number of nitro benzene ring substituents is 1. The minimum Gasteiger partial charge on any atom is -0.306 e. The average Bonchev–Trinajstić information content (AvgIpc) is 2.46. The van der Waals surface area contributed by atoms with Crippen LogP contribution in [-0.2, 0) is 6.54 Å². The molecule has 0 fully saturated rings. The molecule has 0 aliphatic carbocycles. The Hall–Kier alpha value is -2.27. The summed E-state index contributed by atoms with van der Waals surface area (Å²) in [4.78, 5) is 14.6. The van der Waals surface area contributed by atoms with E-state index in [4.69, 9.17) is 0 Å². The van der Waals surface area contributed by atoms with Crippen LogP contribution in [0.4, 0.5) is 5.69 Å². The lowest BCUT2D eigenvalue weighted by molar-refractivity contribution is -0.385. The second kappa shape index (κ2) is 6.25. The monoisotopic (exact) mass is 271 g/mol. The van der Waals surface area contributed by atoms with Crippen LogP contribution in [0.1, 0.15) is 29.7 Å². The molecule has 1 heterocycles. The van der Waals surface area contributed by atoms with Gasteiger partial charge in [0.25, 0.3) is 5.69 Å². The van der Waals surface area contributed by atoms with Crippen molar-refractivity contribution in [2.24, 2.45) is 0 Å². The number of hydrogen-bond donors (Lipinski definition) is 1. The Morgan fingerprint density at radius 3 is 2.65 bits per heavy atom. The van der Waals surface area contributed by atoms with Crippen LogP contribution in [-0.4, -0.2) is 9.91 Å². The highest BCUT2D eigenvalue weighted by atomic mass is 16.6. The van der Waals surface area contributed by atoms with Gasteiger partial charge in [0.2, 0.25) is 0 Å². The Morgan fingerprint density at radius 2 is 2.00 bits per heavy atom. The topological polar surface area (TPSA) is 68.1 Å². The number of rotatable bonds is 5. The van der Waals surface area contributed by atoms with E-state index in [1.807, 2.05) is 18.2 Å². The first-order valence-electron chi connectivity index (χ1n) is 6.45. The number of nitrogens with zero attached hydrogens (tertiary/aromatic N) is 2. The molecule has 0 amide bonds. The van der Waals surface area contributed by atoms with E-state index < -0.39 is 0 Å². The molecule has 0 saturated heterocycles. The van der Waals surface area contributed by atoms with Gasteiger partial charge in [-0.05, 0) is 37.1 Å². The molecule has 0 unspecified atom stereocenters. The predicted octanol–water partition coefficient (Wildman–Crippen LogP) is 3.15. The number of nitrogens with one attached hydrogen (secondary N) is 1. The summed E-state index contributed by atoms with van der Waals surface area (Å²) in [6.45, 7) is 4.39. The molecule has 1 N–H and O–H groups in total. The van der Waals surface area contributed by atoms with E-state index in [1.54, 1.807) is 31.5 Å². The molecule has 0 aliphatic heterocycles. The summed E-state index contributed by atoms with van der Waals surface area (Å²) >= 11 is 0. The van der Waals surface area contributed by atoms with Crippen LogP contribution in [0.15, 0.2) is 42.7 Å². The molecular formula is C15H17N3O2. The van der Waals surface area contributed by atoms with Gasteiger partial charge in [0.05, 0.1) is 4.92 Å². The van der Waals surface area contributed by atoms with Crippen LogP contribution in [0.5, 0.6) is 0 Å². The van der Waals surface area contributed by atoms with Gasteiger partial charge in [-0.15, -0.1) is 0 Å². The van der Waals surface area contributed by atoms with Crippen molar-refractivity contribution >= 4 is 5.69 Å². The minimum atomic E-state index is -0.342. The van der Waals surface area contributed by atoms with Gasteiger partial charge in [-0.3, -0.25) is 15.1 Å². The van der Waals surface area contributed by atoms with Crippen molar-refractivity contribution in [1.29, 1.82) is 0 Å². The number of pyridine rings is 1. The zero-order valence-electron chi connectivity index (χ0n) is 11.5. The number of aryl methyl sites for hydroxylation is 1. The molecule has 1 aromatic heterocycles. The maximum Gasteiger partial charge on any atom is 0.272 e. The molecule has 1 atom stereocenters. The Bertz CT molecular complexity index is 599. The zero-order valence-corrected chi connectivity index (χ0v) is 11.5. The van der Waals surface area contributed by atoms with Crippen LogP contribution < -0.4 is 5.32 Å². The molecule has 5 heteroatoms. The molecule has 104 valence electrons. The number of aromatic nitrogens is 1. The Labute approximate surface area is 117 Å². The lowest BCUT2D eigenvalue weighted by Gasteiger charge is -2.14. The summed E-state index contributed by atoms with van der Waals surface area (Å²) in [5.74, 6) is 0. The first-order valence-corrected chi connectivity index (χ1v) is 6.45. The van der Waals surface area contributed by atoms with Gasteiger partial charge in [0.15, 0.2) is 0 Å². The fourth-order valence-electron chi connectivity index (χ4n) is 2.00. The quantitative estimate of drug-likeness (QED) is 0.670. The molecule has 0 spiro atoms. The molecule has 0 aliphatic rings. The standard InChI is InChI=1S/C15H17N3O2/c1-11-3-4-13(9-15(11)18(19)20)10-17-12(2)14-5-7-16-8-6-14/h3-9,12,17H,10H2,1-2H3/t12-/m0/s1. The highest BCUT2D eigenvalue weighted by Gasteiger charge is 2.11. The summed E-state index contributed by atoms with van der Waals surface area (Å²) in [7, 11) is 0. The first kappa shape index (κ1) is 14.1. The second-order valence-corrected chi connectivity index (χ2v) is 4.76. The lowest BCUT2D eigenvalue weighted by atomic mass is 10.1. The Balaban J connectivity index is 2.04. The van der Waals surface area contributed by atoms with Crippen molar-refractivity contribution in [1.82, 2.24) is 10.3 Å². The van der Waals surface area contributed by atoms with Gasteiger partial charge >= 0.3 is 0 Å². The lowest BCUT2D eigenvalue weighted by Crippen LogP contribution is -2.18. The van der Waals surface area contributed by atoms with Gasteiger partial charge < -0.3 is 5.32 Å². The number of nitro groups is 1. The predicted molar refractivity (Wildman–Crippen MR) is 77.3 cm³/mol. The van der Waals surface area contributed by atoms with E-state index in [9.17, 15) is 10.1 Å². The molecule has 0 saturated carbocycles. The minimum absolute atomic E-state index is 0.165. The van der Waals surface area contributed by atoms with Crippen LogP contribution in [0, 0.1) is 17.0 Å². The summed E-state index contributed by atoms with van der Waals surface area (Å²) in [6.07, 6.45) is 3.51. The van der Waals surface area contributed by atoms with Crippen molar-refractivity contribution in [3.63, 3.8) is 0 Å². The van der Waals surface area contributed by atoms with Crippen molar-refractivity contribution in [2.75, 3.05) is 0 Å². The smallest absolute Gasteiger partial charge is 0.272 e. The maximum absolute atomic E-state index is 10.9. The molecule has 2 aromatic rings. The van der Waals surface area contributed by atoms with Gasteiger partial charge in [0, 0.05) is 36.6 Å². The third kappa shape index (κ3) is 3.39. The molecule has 0 bridgehead atoms. The third-order valence-corrected chi connectivity index (χ3v) is 3.29. The Kier molecular flexibility index (Phi) is 4.42. The van der Waals surface area contributed by atoms with Crippen molar-refractivity contribution in [2.45, 2.75) is 26.4 Å². The van der Waals surface area contributed by atoms with E-state index in [0.717, 1.165) is 11.1 Å². The van der Waals surface area contributed by atoms with E-state index >= 15 is 0 Å². The summed E-state index contributed by atoms with van der Waals surface area (Å²) in [5.41, 5.74) is 2.90. The van der Waals surface area contributed by atoms with Crippen LogP contribution in [0.25, 0.3) is 0 Å². The van der Waals surface area contributed by atoms with Gasteiger partial charge in [-0.2, -0.15) is 0 Å². The highest BCUT2D eigenvalue weighted by molar-refractivity contribution is 5.42. The van der Waals surface area contributed by atoms with Crippen LogP contribution in [0.3, 0.4) is 0 Å². The van der Waals surface area contributed by atoms with Crippen LogP contribution >= 0.6 is 0 Å². The molecular weight excluding hydrogens is 254 g/mol. The summed E-state index contributed by atoms with van der Waals surface area (Å²) in [5, 5.41) is 14.3. The first-order chi connectivity index (χ1) is 9.58. The number of benzene rings is 1. The van der Waals surface area contributed by atoms with Crippen molar-refractivity contribution in [3.8, 4) is 0 Å². The zero-order chi connectivity index (χ0) is 14.5. The van der Waals surface area contributed by atoms with E-state index in [1.165, 1.54) is 0 Å². The second-order valence-electron chi connectivity index (χ2n) is 4.76. The largest absolute Gasteiger partial charge is 0.306 e. The molecule has 20 heavy (non-hydrogen) atoms. The van der Waals surface area contributed by atoms with Crippen LogP contribution in [0.2, 0.25) is 0 Å². The highest BCUT2D eigenvalue weighted by Crippen LogP contribution is 2.20. The summed E-state index contributed by atoms with van der Waals surface area (Å²) < 4.78 is 0. The summed E-state index contributed by atoms with van der Waals surface area (Å²) in [6, 6.07) is 9.39. The van der Waals surface area contributed by atoms with E-state index in [0.29, 0.717) is 12.1 Å². The normalized spacial score (nSPS) is 12.1. The SMILES string of the molecule is Cc1ccc(CN[C@@H](C)c2ccncc2)cc1[N+](=O)[O-]. The third-order valence-electron chi connectivity index (χ3n) is 3.29. The molecule has 0 radical (unpaired) electrons. The fraction of sp³-hybridized carbons (Fsp3) is 0.267. The van der Waals surface area contributed by atoms with E-state index in [-0.39, 0.29) is 16.7 Å². The Morgan fingerprint density at radius 1 is 1.30 bits per heavy atom. The van der Waals surface area contributed by atoms with Crippen molar-refractivity contribution in [3.05, 3.63) is 69.5 Å². The average molecular weight is 271 g/mol. The molecule has 1 aromatic carbocycles. The van der Waals surface area contributed by atoms with E-state index in [2.05, 4.69) is 17.2 Å². The molecule has 2 rings (SSSR count). The molecule has 5 nitrogen and oxygen atoms in total. The fourth-order valence-corrected chi connectivity index (χ4v) is 2.00. The number of hydrogen-bond acceptors (Lipinski definition) is 4. The van der Waals surface area contributed by atoms with Crippen molar-refractivity contribution < 1.29 is 4.92 Å². The van der Waals surface area contributed by atoms with Gasteiger partial charge in [0.1, 0.15) is 0 Å².